The maximum Gasteiger partial charge on any atom is 0.257 e. The van der Waals surface area contributed by atoms with Gasteiger partial charge in [-0.3, -0.25) is 14.6 Å². The minimum atomic E-state index is -0.452. The first kappa shape index (κ1) is 16.6. The van der Waals surface area contributed by atoms with Crippen molar-refractivity contribution in [3.63, 3.8) is 0 Å². The van der Waals surface area contributed by atoms with Crippen molar-refractivity contribution in [1.82, 2.24) is 14.9 Å². The lowest BCUT2D eigenvalue weighted by atomic mass is 10.1. The number of carbonyl (C=O) groups is 1. The lowest BCUT2D eigenvalue weighted by Crippen LogP contribution is -2.32. The van der Waals surface area contributed by atoms with Crippen molar-refractivity contribution in [1.29, 1.82) is 0 Å². The fourth-order valence-electron chi connectivity index (χ4n) is 3.16. The molecule has 0 spiro atoms. The third kappa shape index (κ3) is 2.82. The summed E-state index contributed by atoms with van der Waals surface area (Å²) in [4.78, 5) is 29.7. The highest BCUT2D eigenvalue weighted by Crippen LogP contribution is 2.33. The van der Waals surface area contributed by atoms with Gasteiger partial charge in [-0.25, -0.2) is 0 Å². The van der Waals surface area contributed by atoms with Crippen LogP contribution in [-0.2, 0) is 13.1 Å². The fourth-order valence-corrected chi connectivity index (χ4v) is 3.40. The summed E-state index contributed by atoms with van der Waals surface area (Å²) in [5.74, 6) is 0.146. The molecular weight excluding hydrogens is 354 g/mol. The van der Waals surface area contributed by atoms with Crippen molar-refractivity contribution >= 4 is 28.4 Å². The summed E-state index contributed by atoms with van der Waals surface area (Å²) >= 11 is 6.26. The minimum absolute atomic E-state index is 0.0570. The third-order valence-corrected chi connectivity index (χ3v) is 4.63. The standard InChI is InChI=1S/C19H16ClN3O3/c1-11-9-23-10-13(19(25)22-8-12-4-2-3-7-21-12)18(24)16-14(20)5-6-15(26-11)17(16)23/h2-7,10-11H,8-9H2,1H3,(H,22,25)/t11-/m1/s1. The van der Waals surface area contributed by atoms with Gasteiger partial charge < -0.3 is 14.6 Å². The number of rotatable bonds is 3. The summed E-state index contributed by atoms with van der Waals surface area (Å²) in [6, 6.07) is 8.82. The molecule has 2 aromatic heterocycles. The molecule has 26 heavy (non-hydrogen) atoms. The number of nitrogens with one attached hydrogen (secondary N) is 1. The molecule has 3 heterocycles. The molecule has 1 aliphatic heterocycles. The highest BCUT2D eigenvalue weighted by atomic mass is 35.5. The van der Waals surface area contributed by atoms with Gasteiger partial charge in [-0.05, 0) is 31.2 Å². The van der Waals surface area contributed by atoms with Gasteiger partial charge in [0, 0.05) is 12.4 Å². The summed E-state index contributed by atoms with van der Waals surface area (Å²) in [5.41, 5.74) is 0.994. The number of hydrogen-bond donors (Lipinski definition) is 1. The molecule has 1 atom stereocenters. The van der Waals surface area contributed by atoms with E-state index in [1.54, 1.807) is 36.7 Å². The topological polar surface area (TPSA) is 73.2 Å². The van der Waals surface area contributed by atoms with Crippen LogP contribution in [0.3, 0.4) is 0 Å². The number of carbonyl (C=O) groups excluding carboxylic acids is 1. The third-order valence-electron chi connectivity index (χ3n) is 4.32. The molecule has 0 radical (unpaired) electrons. The van der Waals surface area contributed by atoms with Gasteiger partial charge in [0.25, 0.3) is 5.91 Å². The molecular formula is C19H16ClN3O3. The van der Waals surface area contributed by atoms with Crippen molar-refractivity contribution in [3.05, 3.63) is 69.2 Å². The predicted octanol–water partition coefficient (Wildman–Crippen LogP) is 2.76. The molecule has 3 aromatic rings. The Hall–Kier alpha value is -2.86. The van der Waals surface area contributed by atoms with Crippen molar-refractivity contribution < 1.29 is 9.53 Å². The second-order valence-corrected chi connectivity index (χ2v) is 6.63. The zero-order valence-corrected chi connectivity index (χ0v) is 14.8. The number of hydrogen-bond acceptors (Lipinski definition) is 4. The van der Waals surface area contributed by atoms with Crippen molar-refractivity contribution in [3.8, 4) is 5.75 Å². The maximum atomic E-state index is 12.9. The van der Waals surface area contributed by atoms with Crippen LogP contribution in [0.1, 0.15) is 23.0 Å². The Morgan fingerprint density at radius 2 is 2.23 bits per heavy atom. The number of benzene rings is 1. The summed E-state index contributed by atoms with van der Waals surface area (Å²) in [5, 5.41) is 3.36. The van der Waals surface area contributed by atoms with Crippen molar-refractivity contribution in [2.75, 3.05) is 0 Å². The first-order valence-corrected chi connectivity index (χ1v) is 8.63. The molecule has 0 saturated carbocycles. The number of amides is 1. The fraction of sp³-hybridized carbons (Fsp3) is 0.211. The highest BCUT2D eigenvalue weighted by Gasteiger charge is 2.24. The predicted molar refractivity (Wildman–Crippen MR) is 98.7 cm³/mol. The first-order chi connectivity index (χ1) is 12.5. The van der Waals surface area contributed by atoms with Crippen LogP contribution in [0.25, 0.3) is 10.9 Å². The Morgan fingerprint density at radius 1 is 1.38 bits per heavy atom. The van der Waals surface area contributed by atoms with E-state index in [9.17, 15) is 9.59 Å². The Balaban J connectivity index is 1.77. The van der Waals surface area contributed by atoms with E-state index in [1.165, 1.54) is 0 Å². The van der Waals surface area contributed by atoms with E-state index >= 15 is 0 Å². The molecule has 0 unspecified atom stereocenters. The van der Waals surface area contributed by atoms with Crippen molar-refractivity contribution in [2.45, 2.75) is 26.1 Å². The van der Waals surface area contributed by atoms with Crippen LogP contribution < -0.4 is 15.5 Å². The summed E-state index contributed by atoms with van der Waals surface area (Å²) in [6.07, 6.45) is 3.16. The van der Waals surface area contributed by atoms with Gasteiger partial charge in [-0.15, -0.1) is 0 Å². The molecule has 132 valence electrons. The van der Waals surface area contributed by atoms with Crippen LogP contribution >= 0.6 is 11.6 Å². The molecule has 0 aliphatic carbocycles. The zero-order chi connectivity index (χ0) is 18.3. The van der Waals surface area contributed by atoms with Gasteiger partial charge in [0.05, 0.1) is 34.7 Å². The number of ether oxygens (including phenoxy) is 1. The summed E-state index contributed by atoms with van der Waals surface area (Å²) in [7, 11) is 0. The molecule has 6 nitrogen and oxygen atoms in total. The molecule has 7 heteroatoms. The second kappa shape index (κ2) is 6.46. The molecule has 0 fully saturated rings. The molecule has 1 aliphatic rings. The van der Waals surface area contributed by atoms with Crippen LogP contribution in [0.2, 0.25) is 5.02 Å². The minimum Gasteiger partial charge on any atom is -0.487 e. The Morgan fingerprint density at radius 3 is 3.00 bits per heavy atom. The van der Waals surface area contributed by atoms with Crippen LogP contribution in [0.15, 0.2) is 47.5 Å². The second-order valence-electron chi connectivity index (χ2n) is 6.23. The molecule has 1 aromatic carbocycles. The van der Waals surface area contributed by atoms with Gasteiger partial charge >= 0.3 is 0 Å². The van der Waals surface area contributed by atoms with Gasteiger partial charge in [-0.1, -0.05) is 17.7 Å². The SMILES string of the molecule is C[C@@H]1Cn2cc(C(=O)NCc3ccccn3)c(=O)c3c(Cl)ccc(c32)O1. The Labute approximate surface area is 154 Å². The van der Waals surface area contributed by atoms with E-state index in [0.29, 0.717) is 33.9 Å². The average molecular weight is 370 g/mol. The number of nitrogens with zero attached hydrogens (tertiary/aromatic N) is 2. The maximum absolute atomic E-state index is 12.9. The van der Waals surface area contributed by atoms with Crippen LogP contribution in [0.5, 0.6) is 5.75 Å². The summed E-state index contributed by atoms with van der Waals surface area (Å²) < 4.78 is 7.66. The zero-order valence-electron chi connectivity index (χ0n) is 14.0. The van der Waals surface area contributed by atoms with E-state index < -0.39 is 11.3 Å². The number of halogens is 1. The van der Waals surface area contributed by atoms with E-state index in [-0.39, 0.29) is 18.2 Å². The molecule has 0 saturated heterocycles. The van der Waals surface area contributed by atoms with E-state index in [2.05, 4.69) is 10.3 Å². The Kier molecular flexibility index (Phi) is 4.12. The van der Waals surface area contributed by atoms with Crippen LogP contribution in [0.4, 0.5) is 0 Å². The van der Waals surface area contributed by atoms with Crippen LogP contribution in [-0.4, -0.2) is 21.6 Å². The van der Waals surface area contributed by atoms with Gasteiger partial charge in [0.1, 0.15) is 17.4 Å². The summed E-state index contributed by atoms with van der Waals surface area (Å²) in [6.45, 7) is 2.71. The molecule has 1 amide bonds. The number of pyridine rings is 2. The number of aromatic nitrogens is 2. The van der Waals surface area contributed by atoms with Crippen molar-refractivity contribution in [2.24, 2.45) is 0 Å². The first-order valence-electron chi connectivity index (χ1n) is 8.25. The smallest absolute Gasteiger partial charge is 0.257 e. The molecule has 4 rings (SSSR count). The monoisotopic (exact) mass is 369 g/mol. The molecule has 0 bridgehead atoms. The normalized spacial score (nSPS) is 15.5. The Bertz CT molecular complexity index is 1060. The van der Waals surface area contributed by atoms with E-state index in [0.717, 1.165) is 0 Å². The molecule has 1 N–H and O–H groups in total. The van der Waals surface area contributed by atoms with Gasteiger partial charge in [0.2, 0.25) is 5.43 Å². The van der Waals surface area contributed by atoms with Crippen LogP contribution in [0, 0.1) is 0 Å². The van der Waals surface area contributed by atoms with E-state index in [1.807, 2.05) is 17.6 Å². The lowest BCUT2D eigenvalue weighted by molar-refractivity contribution is 0.0948. The van der Waals surface area contributed by atoms with Gasteiger partial charge in [0.15, 0.2) is 0 Å². The average Bonchev–Trinajstić information content (AvgIpc) is 2.64. The van der Waals surface area contributed by atoms with E-state index in [4.69, 9.17) is 16.3 Å². The highest BCUT2D eigenvalue weighted by molar-refractivity contribution is 6.35. The van der Waals surface area contributed by atoms with Gasteiger partial charge in [-0.2, -0.15) is 0 Å². The lowest BCUT2D eigenvalue weighted by Gasteiger charge is -2.26. The largest absolute Gasteiger partial charge is 0.487 e. The quantitative estimate of drug-likeness (QED) is 0.770.